The molecule has 0 fully saturated rings. The second-order valence-corrected chi connectivity index (χ2v) is 6.25. The number of rotatable bonds is 9. The standard InChI is InChI=1S/C14H31N3O2/c1-14(2,3)12(7-9-17(4)5)16-13(18)11-15-8-10-19-6/h12,15H,7-11H2,1-6H3,(H,16,18). The summed E-state index contributed by atoms with van der Waals surface area (Å²) in [5.74, 6) is 0.0507. The van der Waals surface area contributed by atoms with E-state index in [9.17, 15) is 4.79 Å². The fourth-order valence-corrected chi connectivity index (χ4v) is 1.73. The Hall–Kier alpha value is -0.650. The van der Waals surface area contributed by atoms with Crippen molar-refractivity contribution in [2.75, 3.05) is 47.4 Å². The summed E-state index contributed by atoms with van der Waals surface area (Å²) in [6.07, 6.45) is 0.959. The second kappa shape index (κ2) is 9.28. The van der Waals surface area contributed by atoms with Gasteiger partial charge in [-0.1, -0.05) is 20.8 Å². The molecule has 0 aromatic rings. The monoisotopic (exact) mass is 273 g/mol. The molecule has 0 rings (SSSR count). The van der Waals surface area contributed by atoms with Gasteiger partial charge in [0.1, 0.15) is 0 Å². The van der Waals surface area contributed by atoms with Crippen molar-refractivity contribution in [1.82, 2.24) is 15.5 Å². The van der Waals surface area contributed by atoms with Gasteiger partial charge >= 0.3 is 0 Å². The third-order valence-electron chi connectivity index (χ3n) is 3.01. The fourth-order valence-electron chi connectivity index (χ4n) is 1.73. The van der Waals surface area contributed by atoms with Gasteiger partial charge in [0, 0.05) is 19.7 Å². The molecule has 2 N–H and O–H groups in total. The second-order valence-electron chi connectivity index (χ2n) is 6.25. The van der Waals surface area contributed by atoms with Gasteiger partial charge in [-0.25, -0.2) is 0 Å². The Balaban J connectivity index is 4.13. The zero-order valence-corrected chi connectivity index (χ0v) is 13.4. The molecular formula is C14H31N3O2. The van der Waals surface area contributed by atoms with Crippen molar-refractivity contribution >= 4 is 5.91 Å². The van der Waals surface area contributed by atoms with Crippen molar-refractivity contribution in [2.45, 2.75) is 33.2 Å². The summed E-state index contributed by atoms with van der Waals surface area (Å²) in [6, 6.07) is 0.187. The highest BCUT2D eigenvalue weighted by atomic mass is 16.5. The first-order chi connectivity index (χ1) is 8.77. The van der Waals surface area contributed by atoms with Crippen molar-refractivity contribution in [2.24, 2.45) is 5.41 Å². The van der Waals surface area contributed by atoms with E-state index in [-0.39, 0.29) is 17.4 Å². The molecule has 5 nitrogen and oxygen atoms in total. The van der Waals surface area contributed by atoms with Crippen LogP contribution in [0.1, 0.15) is 27.2 Å². The van der Waals surface area contributed by atoms with Crippen LogP contribution in [-0.4, -0.2) is 64.3 Å². The lowest BCUT2D eigenvalue weighted by Crippen LogP contribution is -2.48. The first-order valence-corrected chi connectivity index (χ1v) is 6.91. The molecule has 0 heterocycles. The molecule has 114 valence electrons. The van der Waals surface area contributed by atoms with Crippen LogP contribution in [0.4, 0.5) is 0 Å². The smallest absolute Gasteiger partial charge is 0.234 e. The van der Waals surface area contributed by atoms with E-state index in [4.69, 9.17) is 4.74 Å². The molecule has 1 amide bonds. The molecule has 0 aromatic carbocycles. The van der Waals surface area contributed by atoms with Gasteiger partial charge in [-0.2, -0.15) is 0 Å². The van der Waals surface area contributed by atoms with Crippen LogP contribution in [0.2, 0.25) is 0 Å². The number of amides is 1. The average Bonchev–Trinajstić information content (AvgIpc) is 2.28. The SMILES string of the molecule is COCCNCC(=O)NC(CCN(C)C)C(C)(C)C. The summed E-state index contributed by atoms with van der Waals surface area (Å²) in [7, 11) is 5.75. The highest BCUT2D eigenvalue weighted by molar-refractivity contribution is 5.78. The van der Waals surface area contributed by atoms with Crippen LogP contribution >= 0.6 is 0 Å². The van der Waals surface area contributed by atoms with Crippen molar-refractivity contribution < 1.29 is 9.53 Å². The van der Waals surface area contributed by atoms with Gasteiger partial charge in [0.15, 0.2) is 0 Å². The number of nitrogens with zero attached hydrogens (tertiary/aromatic N) is 1. The Morgan fingerprint density at radius 3 is 2.42 bits per heavy atom. The fraction of sp³-hybridized carbons (Fsp3) is 0.929. The summed E-state index contributed by atoms with van der Waals surface area (Å²) in [5.41, 5.74) is 0.0677. The minimum absolute atomic E-state index is 0.0507. The maximum atomic E-state index is 11.9. The van der Waals surface area contributed by atoms with E-state index in [0.717, 1.165) is 13.0 Å². The zero-order valence-electron chi connectivity index (χ0n) is 13.4. The Bertz CT molecular complexity index is 250. The number of methoxy groups -OCH3 is 1. The molecule has 5 heteroatoms. The quantitative estimate of drug-likeness (QED) is 0.607. The van der Waals surface area contributed by atoms with Gasteiger partial charge in [-0.05, 0) is 32.5 Å². The molecule has 0 aliphatic rings. The predicted octanol–water partition coefficient (Wildman–Crippen LogP) is 0.705. The van der Waals surface area contributed by atoms with E-state index in [1.54, 1.807) is 7.11 Å². The van der Waals surface area contributed by atoms with Gasteiger partial charge in [0.25, 0.3) is 0 Å². The molecule has 0 radical (unpaired) electrons. The Labute approximate surface area is 118 Å². The van der Waals surface area contributed by atoms with Crippen molar-refractivity contribution in [1.29, 1.82) is 0 Å². The number of ether oxygens (including phenoxy) is 1. The van der Waals surface area contributed by atoms with E-state index in [1.165, 1.54) is 0 Å². The number of carbonyl (C=O) groups excluding carboxylic acids is 1. The summed E-state index contributed by atoms with van der Waals surface area (Å²) in [6.45, 7) is 9.11. The van der Waals surface area contributed by atoms with E-state index >= 15 is 0 Å². The van der Waals surface area contributed by atoms with Gasteiger partial charge < -0.3 is 20.3 Å². The molecule has 0 bridgehead atoms. The largest absolute Gasteiger partial charge is 0.383 e. The Kier molecular flexibility index (Phi) is 8.97. The van der Waals surface area contributed by atoms with Crippen LogP contribution in [0, 0.1) is 5.41 Å². The zero-order chi connectivity index (χ0) is 14.9. The molecule has 1 atom stereocenters. The topological polar surface area (TPSA) is 53.6 Å². The third-order valence-corrected chi connectivity index (χ3v) is 3.01. The molecule has 0 aliphatic carbocycles. The normalized spacial score (nSPS) is 13.6. The minimum Gasteiger partial charge on any atom is -0.383 e. The lowest BCUT2D eigenvalue weighted by molar-refractivity contribution is -0.121. The molecule has 19 heavy (non-hydrogen) atoms. The lowest BCUT2D eigenvalue weighted by atomic mass is 9.84. The number of nitrogens with one attached hydrogen (secondary N) is 2. The van der Waals surface area contributed by atoms with Crippen LogP contribution in [0.25, 0.3) is 0 Å². The molecule has 0 saturated carbocycles. The van der Waals surface area contributed by atoms with E-state index < -0.39 is 0 Å². The molecular weight excluding hydrogens is 242 g/mol. The molecule has 0 aliphatic heterocycles. The summed E-state index contributed by atoms with van der Waals surface area (Å²) in [5, 5.41) is 6.18. The summed E-state index contributed by atoms with van der Waals surface area (Å²) < 4.78 is 4.92. The van der Waals surface area contributed by atoms with Crippen LogP contribution in [0.15, 0.2) is 0 Å². The lowest BCUT2D eigenvalue weighted by Gasteiger charge is -2.32. The number of carbonyl (C=O) groups is 1. The first-order valence-electron chi connectivity index (χ1n) is 6.91. The van der Waals surface area contributed by atoms with Crippen molar-refractivity contribution in [3.05, 3.63) is 0 Å². The molecule has 0 spiro atoms. The third kappa shape index (κ3) is 9.87. The molecule has 0 saturated heterocycles. The molecule has 1 unspecified atom stereocenters. The van der Waals surface area contributed by atoms with E-state index in [2.05, 4.69) is 36.3 Å². The predicted molar refractivity (Wildman–Crippen MR) is 79.3 cm³/mol. The van der Waals surface area contributed by atoms with Crippen molar-refractivity contribution in [3.63, 3.8) is 0 Å². The summed E-state index contributed by atoms with van der Waals surface area (Å²) in [4.78, 5) is 14.0. The van der Waals surface area contributed by atoms with Gasteiger partial charge in [0.05, 0.1) is 13.2 Å². The van der Waals surface area contributed by atoms with Crippen LogP contribution in [0.5, 0.6) is 0 Å². The van der Waals surface area contributed by atoms with Crippen LogP contribution < -0.4 is 10.6 Å². The van der Waals surface area contributed by atoms with Gasteiger partial charge in [-0.15, -0.1) is 0 Å². The minimum atomic E-state index is 0.0507. The number of hydrogen-bond acceptors (Lipinski definition) is 4. The Morgan fingerprint density at radius 2 is 1.95 bits per heavy atom. The van der Waals surface area contributed by atoms with Crippen LogP contribution in [0.3, 0.4) is 0 Å². The molecule has 0 aromatic heterocycles. The van der Waals surface area contributed by atoms with E-state index in [1.807, 2.05) is 14.1 Å². The summed E-state index contributed by atoms with van der Waals surface area (Å²) >= 11 is 0. The maximum absolute atomic E-state index is 11.9. The van der Waals surface area contributed by atoms with E-state index in [0.29, 0.717) is 19.7 Å². The van der Waals surface area contributed by atoms with Crippen molar-refractivity contribution in [3.8, 4) is 0 Å². The maximum Gasteiger partial charge on any atom is 0.234 e. The first kappa shape index (κ1) is 18.4. The van der Waals surface area contributed by atoms with Gasteiger partial charge in [-0.3, -0.25) is 4.79 Å². The highest BCUT2D eigenvalue weighted by Crippen LogP contribution is 2.21. The Morgan fingerprint density at radius 1 is 1.32 bits per heavy atom. The average molecular weight is 273 g/mol. The number of hydrogen-bond donors (Lipinski definition) is 2. The highest BCUT2D eigenvalue weighted by Gasteiger charge is 2.25. The van der Waals surface area contributed by atoms with Gasteiger partial charge in [0.2, 0.25) is 5.91 Å². The van der Waals surface area contributed by atoms with Crippen LogP contribution in [-0.2, 0) is 9.53 Å².